The summed E-state index contributed by atoms with van der Waals surface area (Å²) in [6.07, 6.45) is -0.593. The van der Waals surface area contributed by atoms with Crippen LogP contribution in [-0.4, -0.2) is 27.3 Å². The van der Waals surface area contributed by atoms with Crippen molar-refractivity contribution in [2.75, 3.05) is 26.6 Å². The average molecular weight is 315 g/mol. The number of anilines is 1. The second-order valence-corrected chi connectivity index (χ2v) is 4.93. The molecule has 0 aromatic heterocycles. The van der Waals surface area contributed by atoms with Crippen LogP contribution in [0.15, 0.2) is 36.4 Å². The maximum atomic E-state index is 12.2. The Hall–Kier alpha value is -2.89. The first kappa shape index (κ1) is 15.0. The van der Waals surface area contributed by atoms with E-state index in [9.17, 15) is 4.79 Å². The highest BCUT2D eigenvalue weighted by molar-refractivity contribution is 5.98. The summed E-state index contributed by atoms with van der Waals surface area (Å²) in [5.74, 6) is 1.14. The molecule has 0 bridgehead atoms. The summed E-state index contributed by atoms with van der Waals surface area (Å²) in [4.78, 5) is 12.2. The van der Waals surface area contributed by atoms with Crippen LogP contribution in [0.5, 0.6) is 17.2 Å². The monoisotopic (exact) mass is 315 g/mol. The highest BCUT2D eigenvalue weighted by Gasteiger charge is 2.35. The number of hydrogen-bond donors (Lipinski definition) is 1. The summed E-state index contributed by atoms with van der Waals surface area (Å²) in [5.41, 5.74) is 1.87. The Balaban J connectivity index is 1.95. The lowest BCUT2D eigenvalue weighted by Gasteiger charge is -2.15. The number of carbonyl (C=O) groups is 1. The number of hydrogen-bond acceptors (Lipinski definition) is 6. The highest BCUT2D eigenvalue weighted by atomic mass is 16.6. The van der Waals surface area contributed by atoms with Crippen LogP contribution >= 0.6 is 0 Å². The van der Waals surface area contributed by atoms with Gasteiger partial charge in [-0.2, -0.15) is 0 Å². The van der Waals surface area contributed by atoms with E-state index < -0.39 is 12.2 Å². The first-order valence-electron chi connectivity index (χ1n) is 7.04. The van der Waals surface area contributed by atoms with Crippen molar-refractivity contribution < 1.29 is 23.7 Å². The van der Waals surface area contributed by atoms with Gasteiger partial charge in [0.2, 0.25) is 6.23 Å². The van der Waals surface area contributed by atoms with Gasteiger partial charge in [0.1, 0.15) is 11.3 Å². The molecule has 0 saturated heterocycles. The fourth-order valence-corrected chi connectivity index (χ4v) is 2.57. The lowest BCUT2D eigenvalue weighted by Crippen LogP contribution is -2.10. The van der Waals surface area contributed by atoms with E-state index in [1.54, 1.807) is 19.2 Å². The zero-order chi connectivity index (χ0) is 16.4. The molecular formula is C17H17NO5. The molecule has 23 heavy (non-hydrogen) atoms. The molecule has 0 amide bonds. The highest BCUT2D eigenvalue weighted by Crippen LogP contribution is 2.42. The Morgan fingerprint density at radius 2 is 1.87 bits per heavy atom. The van der Waals surface area contributed by atoms with Crippen molar-refractivity contribution >= 4 is 11.7 Å². The zero-order valence-corrected chi connectivity index (χ0v) is 13.1. The van der Waals surface area contributed by atoms with Crippen LogP contribution in [0.2, 0.25) is 0 Å². The topological polar surface area (TPSA) is 66.0 Å². The third-order valence-corrected chi connectivity index (χ3v) is 3.66. The summed E-state index contributed by atoms with van der Waals surface area (Å²) in [6, 6.07) is 10.9. The molecule has 0 spiro atoms. The number of methoxy groups -OCH3 is 3. The van der Waals surface area contributed by atoms with E-state index in [1.165, 1.54) is 14.2 Å². The molecule has 1 aliphatic heterocycles. The Morgan fingerprint density at radius 3 is 2.57 bits per heavy atom. The van der Waals surface area contributed by atoms with E-state index in [-0.39, 0.29) is 0 Å². The number of esters is 1. The van der Waals surface area contributed by atoms with Gasteiger partial charge in [-0.25, -0.2) is 4.79 Å². The van der Waals surface area contributed by atoms with Gasteiger partial charge in [0.25, 0.3) is 0 Å². The lowest BCUT2D eigenvalue weighted by molar-refractivity contribution is 0.0435. The van der Waals surface area contributed by atoms with Gasteiger partial charge < -0.3 is 24.3 Å². The largest absolute Gasteiger partial charge is 0.497 e. The van der Waals surface area contributed by atoms with Crippen molar-refractivity contribution in [2.45, 2.75) is 6.23 Å². The van der Waals surface area contributed by atoms with Gasteiger partial charge in [-0.05, 0) is 24.3 Å². The normalized spacial score (nSPS) is 15.6. The van der Waals surface area contributed by atoms with Crippen LogP contribution in [0.4, 0.5) is 5.69 Å². The number of fused-ring (bicyclic) bond motifs is 1. The standard InChI is InChI=1S/C17H17NO5/c1-20-11-6-4-5-10(9-11)18-16-12-7-8-13(21-2)15(22-3)14(12)17(19)23-16/h4-9,16,18H,1-3H3/t16-/m0/s1. The Kier molecular flexibility index (Phi) is 3.97. The van der Waals surface area contributed by atoms with Gasteiger partial charge in [0.05, 0.1) is 21.3 Å². The van der Waals surface area contributed by atoms with Crippen LogP contribution in [0.25, 0.3) is 0 Å². The van der Waals surface area contributed by atoms with Gasteiger partial charge in [0, 0.05) is 17.3 Å². The molecule has 0 aliphatic carbocycles. The molecule has 6 nitrogen and oxygen atoms in total. The number of carbonyl (C=O) groups excluding carboxylic acids is 1. The third kappa shape index (κ3) is 2.63. The summed E-state index contributed by atoms with van der Waals surface area (Å²) >= 11 is 0. The fraction of sp³-hybridized carbons (Fsp3) is 0.235. The molecule has 0 unspecified atom stereocenters. The van der Waals surface area contributed by atoms with Crippen LogP contribution in [0.1, 0.15) is 22.1 Å². The molecule has 0 fully saturated rings. The second-order valence-electron chi connectivity index (χ2n) is 4.93. The number of nitrogens with one attached hydrogen (secondary N) is 1. The maximum absolute atomic E-state index is 12.2. The van der Waals surface area contributed by atoms with E-state index in [2.05, 4.69) is 5.32 Å². The predicted molar refractivity (Wildman–Crippen MR) is 84.3 cm³/mol. The maximum Gasteiger partial charge on any atom is 0.344 e. The van der Waals surface area contributed by atoms with E-state index >= 15 is 0 Å². The van der Waals surface area contributed by atoms with Gasteiger partial charge in [-0.1, -0.05) is 6.07 Å². The summed E-state index contributed by atoms with van der Waals surface area (Å²) in [7, 11) is 4.62. The number of cyclic esters (lactones) is 1. The van der Waals surface area contributed by atoms with E-state index in [1.807, 2.05) is 24.3 Å². The minimum atomic E-state index is -0.593. The van der Waals surface area contributed by atoms with Crippen molar-refractivity contribution in [3.8, 4) is 17.2 Å². The molecular weight excluding hydrogens is 298 g/mol. The molecule has 0 saturated carbocycles. The van der Waals surface area contributed by atoms with Crippen molar-refractivity contribution in [3.63, 3.8) is 0 Å². The Morgan fingerprint density at radius 1 is 1.04 bits per heavy atom. The van der Waals surface area contributed by atoms with Crippen molar-refractivity contribution in [2.24, 2.45) is 0 Å². The van der Waals surface area contributed by atoms with E-state index in [0.717, 1.165) is 5.69 Å². The fourth-order valence-electron chi connectivity index (χ4n) is 2.57. The number of rotatable bonds is 5. The Labute approximate surface area is 133 Å². The quantitative estimate of drug-likeness (QED) is 0.856. The molecule has 1 N–H and O–H groups in total. The minimum Gasteiger partial charge on any atom is -0.497 e. The van der Waals surface area contributed by atoms with Crippen molar-refractivity contribution in [1.29, 1.82) is 0 Å². The van der Waals surface area contributed by atoms with Crippen LogP contribution in [-0.2, 0) is 4.74 Å². The molecule has 2 aromatic rings. The van der Waals surface area contributed by atoms with Gasteiger partial charge in [-0.3, -0.25) is 0 Å². The number of ether oxygens (including phenoxy) is 4. The number of benzene rings is 2. The smallest absolute Gasteiger partial charge is 0.344 e. The van der Waals surface area contributed by atoms with Crippen LogP contribution in [0, 0.1) is 0 Å². The predicted octanol–water partition coefficient (Wildman–Crippen LogP) is 2.99. The van der Waals surface area contributed by atoms with Gasteiger partial charge in [0.15, 0.2) is 11.5 Å². The van der Waals surface area contributed by atoms with Crippen molar-refractivity contribution in [1.82, 2.24) is 0 Å². The van der Waals surface area contributed by atoms with Gasteiger partial charge >= 0.3 is 5.97 Å². The molecule has 1 aliphatic rings. The van der Waals surface area contributed by atoms with Crippen LogP contribution < -0.4 is 19.5 Å². The zero-order valence-electron chi connectivity index (χ0n) is 13.1. The summed E-state index contributed by atoms with van der Waals surface area (Å²) in [6.45, 7) is 0. The van der Waals surface area contributed by atoms with Crippen molar-refractivity contribution in [3.05, 3.63) is 47.5 Å². The average Bonchev–Trinajstić information content (AvgIpc) is 2.90. The lowest BCUT2D eigenvalue weighted by atomic mass is 10.1. The molecule has 3 rings (SSSR count). The molecule has 1 atom stereocenters. The molecule has 1 heterocycles. The first-order valence-corrected chi connectivity index (χ1v) is 7.04. The minimum absolute atomic E-state index is 0.380. The second kappa shape index (κ2) is 6.08. The SMILES string of the molecule is COc1cccc(N[C@H]2OC(=O)c3c2ccc(OC)c3OC)c1. The molecule has 0 radical (unpaired) electrons. The van der Waals surface area contributed by atoms with Gasteiger partial charge in [-0.15, -0.1) is 0 Å². The molecule has 6 heteroatoms. The van der Waals surface area contributed by atoms with E-state index in [0.29, 0.717) is 28.4 Å². The third-order valence-electron chi connectivity index (χ3n) is 3.66. The summed E-state index contributed by atoms with van der Waals surface area (Å²) in [5, 5.41) is 3.17. The summed E-state index contributed by atoms with van der Waals surface area (Å²) < 4.78 is 21.2. The Bertz CT molecular complexity index is 744. The van der Waals surface area contributed by atoms with E-state index in [4.69, 9.17) is 18.9 Å². The first-order chi connectivity index (χ1) is 11.2. The molecule has 120 valence electrons. The van der Waals surface area contributed by atoms with Crippen LogP contribution in [0.3, 0.4) is 0 Å². The molecule has 2 aromatic carbocycles.